The molecule has 8 nitrogen and oxygen atoms in total. The fourth-order valence-corrected chi connectivity index (χ4v) is 2.93. The van der Waals surface area contributed by atoms with Crippen molar-refractivity contribution in [2.24, 2.45) is 0 Å². The van der Waals surface area contributed by atoms with Crippen molar-refractivity contribution in [1.82, 2.24) is 9.97 Å². The van der Waals surface area contributed by atoms with Crippen LogP contribution in [-0.4, -0.2) is 42.7 Å². The van der Waals surface area contributed by atoms with Crippen LogP contribution in [0.5, 0.6) is 0 Å². The number of nitrogen functional groups attached to an aromatic ring is 1. The van der Waals surface area contributed by atoms with Crippen molar-refractivity contribution in [2.45, 2.75) is 0 Å². The number of hydrogen-bond acceptors (Lipinski definition) is 7. The van der Waals surface area contributed by atoms with Crippen LogP contribution in [0.4, 0.5) is 23.0 Å². The van der Waals surface area contributed by atoms with Gasteiger partial charge < -0.3 is 21.3 Å². The molecule has 0 saturated carbocycles. The van der Waals surface area contributed by atoms with E-state index in [1.165, 1.54) is 6.33 Å². The van der Waals surface area contributed by atoms with Gasteiger partial charge in [0, 0.05) is 32.3 Å². The second-order valence-corrected chi connectivity index (χ2v) is 6.55. The fourth-order valence-electron chi connectivity index (χ4n) is 2.93. The van der Waals surface area contributed by atoms with Crippen molar-refractivity contribution in [3.63, 3.8) is 0 Å². The summed E-state index contributed by atoms with van der Waals surface area (Å²) in [6, 6.07) is 14.4. The van der Waals surface area contributed by atoms with E-state index in [2.05, 4.69) is 20.6 Å². The summed E-state index contributed by atoms with van der Waals surface area (Å²) in [5, 5.41) is 14.3. The highest BCUT2D eigenvalue weighted by Crippen LogP contribution is 2.25. The maximum atomic E-state index is 12.7. The predicted molar refractivity (Wildman–Crippen MR) is 117 cm³/mol. The molecule has 29 heavy (non-hydrogen) atoms. The van der Waals surface area contributed by atoms with Crippen molar-refractivity contribution >= 4 is 34.6 Å². The number of para-hydroxylation sites is 2. The van der Waals surface area contributed by atoms with E-state index in [1.54, 1.807) is 31.3 Å². The largest absolute Gasteiger partial charge is 0.383 e. The van der Waals surface area contributed by atoms with Crippen molar-refractivity contribution < 1.29 is 4.79 Å². The SMILES string of the molecule is CNc1ncnc(N)c1C(=N)c1ccc(C(=O)Nc2ccccc2N(C)C)cc1. The molecule has 1 amide bonds. The summed E-state index contributed by atoms with van der Waals surface area (Å²) >= 11 is 0. The fraction of sp³-hybridized carbons (Fsp3) is 0.143. The number of rotatable bonds is 6. The molecule has 3 rings (SSSR count). The van der Waals surface area contributed by atoms with Crippen LogP contribution in [0.15, 0.2) is 54.9 Å². The predicted octanol–water partition coefficient (Wildman–Crippen LogP) is 2.83. The Bertz CT molecular complexity index is 1050. The van der Waals surface area contributed by atoms with Gasteiger partial charge in [-0.2, -0.15) is 0 Å². The van der Waals surface area contributed by atoms with Gasteiger partial charge in [-0.25, -0.2) is 9.97 Å². The van der Waals surface area contributed by atoms with Crippen LogP contribution < -0.4 is 21.3 Å². The molecule has 0 aliphatic rings. The minimum atomic E-state index is -0.226. The van der Waals surface area contributed by atoms with E-state index in [4.69, 9.17) is 11.1 Å². The first kappa shape index (κ1) is 19.8. The Morgan fingerprint density at radius 2 is 1.69 bits per heavy atom. The number of nitrogens with two attached hydrogens (primary N) is 1. The van der Waals surface area contributed by atoms with Crippen molar-refractivity contribution in [1.29, 1.82) is 5.41 Å². The van der Waals surface area contributed by atoms with E-state index in [0.29, 0.717) is 22.5 Å². The third-order valence-electron chi connectivity index (χ3n) is 4.43. The summed E-state index contributed by atoms with van der Waals surface area (Å²) in [6.45, 7) is 0. The summed E-state index contributed by atoms with van der Waals surface area (Å²) < 4.78 is 0. The van der Waals surface area contributed by atoms with E-state index >= 15 is 0 Å². The summed E-state index contributed by atoms with van der Waals surface area (Å²) in [5.41, 5.74) is 9.28. The number of aromatic nitrogens is 2. The second-order valence-electron chi connectivity index (χ2n) is 6.55. The second kappa shape index (κ2) is 8.39. The average Bonchev–Trinajstić information content (AvgIpc) is 2.73. The summed E-state index contributed by atoms with van der Waals surface area (Å²) in [7, 11) is 5.55. The lowest BCUT2D eigenvalue weighted by Gasteiger charge is -2.17. The number of nitrogens with zero attached hydrogens (tertiary/aromatic N) is 3. The third-order valence-corrected chi connectivity index (χ3v) is 4.43. The standard InChI is InChI=1S/C21H23N7O/c1-24-20-17(19(23)25-12-26-20)18(22)13-8-10-14(11-9-13)21(29)27-15-6-4-5-7-16(15)28(2)3/h4-12,22H,1-3H3,(H,27,29)(H3,23,24,25,26). The zero-order chi connectivity index (χ0) is 21.0. The van der Waals surface area contributed by atoms with Crippen LogP contribution >= 0.6 is 0 Å². The minimum Gasteiger partial charge on any atom is -0.383 e. The molecule has 0 unspecified atom stereocenters. The van der Waals surface area contributed by atoms with Crippen LogP contribution in [-0.2, 0) is 0 Å². The molecule has 0 fully saturated rings. The third kappa shape index (κ3) is 4.16. The zero-order valence-electron chi connectivity index (χ0n) is 16.5. The Morgan fingerprint density at radius 3 is 2.34 bits per heavy atom. The quantitative estimate of drug-likeness (QED) is 0.481. The van der Waals surface area contributed by atoms with E-state index in [-0.39, 0.29) is 17.4 Å². The lowest BCUT2D eigenvalue weighted by atomic mass is 10.0. The Kier molecular flexibility index (Phi) is 5.73. The molecule has 148 valence electrons. The van der Waals surface area contributed by atoms with Gasteiger partial charge in [0.05, 0.1) is 22.6 Å². The molecule has 0 saturated heterocycles. The van der Waals surface area contributed by atoms with Gasteiger partial charge >= 0.3 is 0 Å². The van der Waals surface area contributed by atoms with Gasteiger partial charge in [0.2, 0.25) is 0 Å². The molecule has 0 radical (unpaired) electrons. The van der Waals surface area contributed by atoms with Gasteiger partial charge in [0.25, 0.3) is 5.91 Å². The lowest BCUT2D eigenvalue weighted by molar-refractivity contribution is 0.102. The maximum absolute atomic E-state index is 12.7. The summed E-state index contributed by atoms with van der Waals surface area (Å²) in [5.74, 6) is 0.469. The summed E-state index contributed by atoms with van der Waals surface area (Å²) in [6.07, 6.45) is 1.34. The minimum absolute atomic E-state index is 0.178. The van der Waals surface area contributed by atoms with Crippen LogP contribution in [0, 0.1) is 5.41 Å². The molecular formula is C21H23N7O. The van der Waals surface area contributed by atoms with Crippen LogP contribution in [0.2, 0.25) is 0 Å². The molecule has 0 aliphatic heterocycles. The van der Waals surface area contributed by atoms with E-state index in [9.17, 15) is 4.79 Å². The van der Waals surface area contributed by atoms with Gasteiger partial charge in [-0.3, -0.25) is 10.2 Å². The Hall–Kier alpha value is -3.94. The smallest absolute Gasteiger partial charge is 0.255 e. The first-order valence-electron chi connectivity index (χ1n) is 8.97. The molecule has 0 atom stereocenters. The van der Waals surface area contributed by atoms with Crippen molar-refractivity contribution in [3.8, 4) is 0 Å². The highest BCUT2D eigenvalue weighted by molar-refractivity contribution is 6.16. The maximum Gasteiger partial charge on any atom is 0.255 e. The molecule has 0 bridgehead atoms. The molecule has 1 heterocycles. The van der Waals surface area contributed by atoms with Gasteiger partial charge in [-0.1, -0.05) is 24.3 Å². The number of hydrogen-bond donors (Lipinski definition) is 4. The average molecular weight is 389 g/mol. The van der Waals surface area contributed by atoms with E-state index < -0.39 is 0 Å². The molecule has 2 aromatic carbocycles. The Labute approximate surface area is 169 Å². The van der Waals surface area contributed by atoms with Crippen molar-refractivity contribution in [2.75, 3.05) is 42.4 Å². The van der Waals surface area contributed by atoms with Gasteiger partial charge in [-0.05, 0) is 24.3 Å². The number of carbonyl (C=O) groups is 1. The van der Waals surface area contributed by atoms with Crippen LogP contribution in [0.3, 0.4) is 0 Å². The highest BCUT2D eigenvalue weighted by atomic mass is 16.1. The highest BCUT2D eigenvalue weighted by Gasteiger charge is 2.16. The van der Waals surface area contributed by atoms with Gasteiger partial charge in [-0.15, -0.1) is 0 Å². The lowest BCUT2D eigenvalue weighted by Crippen LogP contribution is -2.17. The molecule has 0 spiro atoms. The van der Waals surface area contributed by atoms with Crippen molar-refractivity contribution in [3.05, 3.63) is 71.5 Å². The van der Waals surface area contributed by atoms with Gasteiger partial charge in [0.15, 0.2) is 0 Å². The molecule has 0 aliphatic carbocycles. The number of anilines is 4. The normalized spacial score (nSPS) is 10.3. The first-order valence-corrected chi connectivity index (χ1v) is 8.97. The molecule has 1 aromatic heterocycles. The van der Waals surface area contributed by atoms with E-state index in [0.717, 1.165) is 11.4 Å². The number of carbonyl (C=O) groups excluding carboxylic acids is 1. The number of nitrogens with one attached hydrogen (secondary N) is 3. The Balaban J connectivity index is 1.82. The topological polar surface area (TPSA) is 120 Å². The number of amides is 1. The molecular weight excluding hydrogens is 366 g/mol. The monoisotopic (exact) mass is 389 g/mol. The zero-order valence-corrected chi connectivity index (χ0v) is 16.5. The Morgan fingerprint density at radius 1 is 1.03 bits per heavy atom. The summed E-state index contributed by atoms with van der Waals surface area (Å²) in [4.78, 5) is 22.7. The first-order chi connectivity index (χ1) is 13.9. The molecule has 3 aromatic rings. The van der Waals surface area contributed by atoms with Gasteiger partial charge in [0.1, 0.15) is 18.0 Å². The molecule has 5 N–H and O–H groups in total. The van der Waals surface area contributed by atoms with Crippen LogP contribution in [0.25, 0.3) is 0 Å². The van der Waals surface area contributed by atoms with Crippen LogP contribution in [0.1, 0.15) is 21.5 Å². The number of benzene rings is 2. The molecule has 8 heteroatoms. The van der Waals surface area contributed by atoms with E-state index in [1.807, 2.05) is 43.3 Å².